The van der Waals surface area contributed by atoms with E-state index in [1.165, 1.54) is 0 Å². The zero-order valence-corrected chi connectivity index (χ0v) is 13.0. The average molecular weight is 278 g/mol. The van der Waals surface area contributed by atoms with Gasteiger partial charge in [-0.15, -0.1) is 0 Å². The summed E-state index contributed by atoms with van der Waals surface area (Å²) >= 11 is 0. The van der Waals surface area contributed by atoms with Gasteiger partial charge in [0.2, 0.25) is 0 Å². The van der Waals surface area contributed by atoms with Crippen LogP contribution in [0.25, 0.3) is 0 Å². The smallest absolute Gasteiger partial charge is 0.315 e. The summed E-state index contributed by atoms with van der Waals surface area (Å²) in [6.45, 7) is 10.2. The van der Waals surface area contributed by atoms with Crippen LogP contribution in [0.2, 0.25) is 0 Å². The van der Waals surface area contributed by atoms with Gasteiger partial charge in [-0.3, -0.25) is 0 Å². The first kappa shape index (κ1) is 16.3. The minimum Gasteiger partial charge on any atom is -0.494 e. The monoisotopic (exact) mass is 278 g/mol. The minimum absolute atomic E-state index is 0.0929. The number of amides is 2. The van der Waals surface area contributed by atoms with Crippen LogP contribution in [0.4, 0.5) is 4.79 Å². The first-order chi connectivity index (χ1) is 9.40. The molecule has 4 nitrogen and oxygen atoms in total. The van der Waals surface area contributed by atoms with Crippen molar-refractivity contribution in [2.24, 2.45) is 5.41 Å². The highest BCUT2D eigenvalue weighted by atomic mass is 16.5. The SMILES string of the molecule is CCCOc1ccc(CNC(=O)NCC(C)(C)C)cc1. The van der Waals surface area contributed by atoms with Gasteiger partial charge in [0.25, 0.3) is 0 Å². The maximum Gasteiger partial charge on any atom is 0.315 e. The topological polar surface area (TPSA) is 50.4 Å². The lowest BCUT2D eigenvalue weighted by molar-refractivity contribution is 0.235. The number of carbonyl (C=O) groups is 1. The summed E-state index contributed by atoms with van der Waals surface area (Å²) in [4.78, 5) is 11.6. The van der Waals surface area contributed by atoms with E-state index in [1.54, 1.807) is 0 Å². The number of benzene rings is 1. The van der Waals surface area contributed by atoms with Crippen molar-refractivity contribution in [3.63, 3.8) is 0 Å². The van der Waals surface area contributed by atoms with Crippen LogP contribution in [0, 0.1) is 5.41 Å². The van der Waals surface area contributed by atoms with E-state index in [-0.39, 0.29) is 11.4 Å². The molecule has 20 heavy (non-hydrogen) atoms. The van der Waals surface area contributed by atoms with Crippen LogP contribution in [0.1, 0.15) is 39.7 Å². The van der Waals surface area contributed by atoms with Gasteiger partial charge >= 0.3 is 6.03 Å². The number of hydrogen-bond donors (Lipinski definition) is 2. The van der Waals surface area contributed by atoms with E-state index in [9.17, 15) is 4.79 Å². The lowest BCUT2D eigenvalue weighted by Gasteiger charge is -2.18. The Balaban J connectivity index is 2.32. The van der Waals surface area contributed by atoms with Gasteiger partial charge < -0.3 is 15.4 Å². The molecular formula is C16H26N2O2. The maximum absolute atomic E-state index is 11.6. The molecular weight excluding hydrogens is 252 g/mol. The number of ether oxygens (including phenoxy) is 1. The van der Waals surface area contributed by atoms with Crippen LogP contribution in [-0.2, 0) is 6.54 Å². The van der Waals surface area contributed by atoms with Crippen molar-refractivity contribution < 1.29 is 9.53 Å². The predicted molar refractivity (Wildman–Crippen MR) is 81.9 cm³/mol. The molecule has 0 heterocycles. The Kier molecular flexibility index (Phi) is 6.36. The fraction of sp³-hybridized carbons (Fsp3) is 0.562. The maximum atomic E-state index is 11.6. The standard InChI is InChI=1S/C16H26N2O2/c1-5-10-20-14-8-6-13(7-9-14)11-17-15(19)18-12-16(2,3)4/h6-9H,5,10-12H2,1-4H3,(H2,17,18,19). The van der Waals surface area contributed by atoms with Crippen molar-refractivity contribution in [1.29, 1.82) is 0 Å². The summed E-state index contributed by atoms with van der Waals surface area (Å²) < 4.78 is 5.51. The zero-order chi connectivity index (χ0) is 15.0. The van der Waals surface area contributed by atoms with Crippen LogP contribution in [0.15, 0.2) is 24.3 Å². The first-order valence-electron chi connectivity index (χ1n) is 7.14. The highest BCUT2D eigenvalue weighted by Gasteiger charge is 2.11. The van der Waals surface area contributed by atoms with Crippen molar-refractivity contribution >= 4 is 6.03 Å². The number of rotatable bonds is 6. The van der Waals surface area contributed by atoms with Crippen molar-refractivity contribution in [2.45, 2.75) is 40.7 Å². The Labute approximate surface area is 121 Å². The van der Waals surface area contributed by atoms with Gasteiger partial charge in [-0.05, 0) is 29.5 Å². The van der Waals surface area contributed by atoms with Gasteiger partial charge in [-0.25, -0.2) is 4.79 Å². The molecule has 0 unspecified atom stereocenters. The van der Waals surface area contributed by atoms with Crippen LogP contribution < -0.4 is 15.4 Å². The van der Waals surface area contributed by atoms with E-state index in [1.807, 2.05) is 24.3 Å². The highest BCUT2D eigenvalue weighted by molar-refractivity contribution is 5.73. The Hall–Kier alpha value is -1.71. The van der Waals surface area contributed by atoms with Crippen molar-refractivity contribution in [3.05, 3.63) is 29.8 Å². The van der Waals surface area contributed by atoms with Crippen LogP contribution in [0.3, 0.4) is 0 Å². The van der Waals surface area contributed by atoms with Gasteiger partial charge in [0.05, 0.1) is 6.61 Å². The summed E-state index contributed by atoms with van der Waals surface area (Å²) in [6.07, 6.45) is 0.997. The van der Waals surface area contributed by atoms with Crippen LogP contribution >= 0.6 is 0 Å². The second-order valence-electron chi connectivity index (χ2n) is 6.09. The third kappa shape index (κ3) is 7.02. The molecule has 0 bridgehead atoms. The number of carbonyl (C=O) groups excluding carboxylic acids is 1. The molecule has 0 spiro atoms. The summed E-state index contributed by atoms with van der Waals surface area (Å²) in [5, 5.41) is 5.70. The lowest BCUT2D eigenvalue weighted by Crippen LogP contribution is -2.39. The lowest BCUT2D eigenvalue weighted by atomic mass is 9.97. The molecule has 0 aliphatic rings. The van der Waals surface area contributed by atoms with E-state index < -0.39 is 0 Å². The van der Waals surface area contributed by atoms with Crippen LogP contribution in [0.5, 0.6) is 5.75 Å². The van der Waals surface area contributed by atoms with E-state index in [0.717, 1.165) is 24.3 Å². The van der Waals surface area contributed by atoms with Crippen LogP contribution in [-0.4, -0.2) is 19.2 Å². The molecule has 1 rings (SSSR count). The van der Waals surface area contributed by atoms with Crippen molar-refractivity contribution in [3.8, 4) is 5.75 Å². The molecule has 0 aromatic heterocycles. The van der Waals surface area contributed by atoms with Gasteiger partial charge in [-0.1, -0.05) is 39.8 Å². The van der Waals surface area contributed by atoms with E-state index in [4.69, 9.17) is 4.74 Å². The molecule has 0 saturated carbocycles. The summed E-state index contributed by atoms with van der Waals surface area (Å²) in [6, 6.07) is 7.66. The summed E-state index contributed by atoms with van der Waals surface area (Å²) in [5.41, 5.74) is 1.15. The van der Waals surface area contributed by atoms with Gasteiger partial charge in [0, 0.05) is 13.1 Å². The Bertz CT molecular complexity index is 407. The van der Waals surface area contributed by atoms with E-state index in [2.05, 4.69) is 38.3 Å². The summed E-state index contributed by atoms with van der Waals surface area (Å²) in [7, 11) is 0. The Morgan fingerprint density at radius 2 is 1.80 bits per heavy atom. The summed E-state index contributed by atoms with van der Waals surface area (Å²) in [5.74, 6) is 0.868. The minimum atomic E-state index is -0.133. The molecule has 0 fully saturated rings. The molecule has 1 aromatic rings. The van der Waals surface area contributed by atoms with Crippen molar-refractivity contribution in [2.75, 3.05) is 13.2 Å². The Morgan fingerprint density at radius 1 is 1.15 bits per heavy atom. The normalized spacial score (nSPS) is 11.0. The van der Waals surface area contributed by atoms with E-state index >= 15 is 0 Å². The largest absolute Gasteiger partial charge is 0.494 e. The molecule has 0 atom stereocenters. The predicted octanol–water partition coefficient (Wildman–Crippen LogP) is 3.32. The zero-order valence-electron chi connectivity index (χ0n) is 13.0. The second-order valence-corrected chi connectivity index (χ2v) is 6.09. The molecule has 0 aliphatic heterocycles. The molecule has 0 radical (unpaired) electrons. The van der Waals surface area contributed by atoms with Gasteiger partial charge in [0.15, 0.2) is 0 Å². The fourth-order valence-electron chi connectivity index (χ4n) is 1.51. The molecule has 2 N–H and O–H groups in total. The number of urea groups is 1. The quantitative estimate of drug-likeness (QED) is 0.838. The first-order valence-corrected chi connectivity index (χ1v) is 7.14. The number of hydrogen-bond acceptors (Lipinski definition) is 2. The molecule has 112 valence electrons. The fourth-order valence-corrected chi connectivity index (χ4v) is 1.51. The third-order valence-electron chi connectivity index (χ3n) is 2.63. The molecule has 4 heteroatoms. The molecule has 0 saturated heterocycles. The Morgan fingerprint density at radius 3 is 2.35 bits per heavy atom. The molecule has 1 aromatic carbocycles. The van der Waals surface area contributed by atoms with Crippen molar-refractivity contribution in [1.82, 2.24) is 10.6 Å². The molecule has 0 aliphatic carbocycles. The van der Waals surface area contributed by atoms with E-state index in [0.29, 0.717) is 13.1 Å². The average Bonchev–Trinajstić information content (AvgIpc) is 2.41. The third-order valence-corrected chi connectivity index (χ3v) is 2.63. The molecule has 2 amide bonds. The van der Waals surface area contributed by atoms with Gasteiger partial charge in [-0.2, -0.15) is 0 Å². The highest BCUT2D eigenvalue weighted by Crippen LogP contribution is 2.12. The second kappa shape index (κ2) is 7.78. The van der Waals surface area contributed by atoms with Gasteiger partial charge in [0.1, 0.15) is 5.75 Å². The number of nitrogens with one attached hydrogen (secondary N) is 2.